The van der Waals surface area contributed by atoms with Crippen molar-refractivity contribution in [1.82, 2.24) is 29.8 Å². The van der Waals surface area contributed by atoms with E-state index in [1.807, 2.05) is 24.0 Å². The van der Waals surface area contributed by atoms with Crippen LogP contribution in [0.1, 0.15) is 30.3 Å². The number of primary amides is 1. The topological polar surface area (TPSA) is 159 Å². The summed E-state index contributed by atoms with van der Waals surface area (Å²) in [5, 5.41) is 17.6. The smallest absolute Gasteiger partial charge is 0.266 e. The maximum atomic E-state index is 13.2. The number of carbonyl (C=O) groups is 2. The van der Waals surface area contributed by atoms with Crippen LogP contribution in [0, 0.1) is 0 Å². The lowest BCUT2D eigenvalue weighted by Crippen LogP contribution is -2.51. The lowest BCUT2D eigenvalue weighted by Gasteiger charge is -2.33. The summed E-state index contributed by atoms with van der Waals surface area (Å²) in [5.41, 5.74) is 5.28. The highest BCUT2D eigenvalue weighted by Gasteiger charge is 2.45. The quantitative estimate of drug-likeness (QED) is 0.323. The summed E-state index contributed by atoms with van der Waals surface area (Å²) < 4.78 is 2.16. The van der Waals surface area contributed by atoms with E-state index >= 15 is 0 Å². The van der Waals surface area contributed by atoms with E-state index in [-0.39, 0.29) is 11.6 Å². The van der Waals surface area contributed by atoms with Crippen LogP contribution < -0.4 is 21.3 Å². The van der Waals surface area contributed by atoms with Crippen molar-refractivity contribution in [3.63, 3.8) is 0 Å². The highest BCUT2D eigenvalue weighted by molar-refractivity contribution is 7.19. The standard InChI is InChI=1S/C19H19ClN10O2S/c1-19(16(32)25-18-22-9-12(20)33-18)5-3-6-29(19)17-24-15(11-4-2-7-30(11)28-17)23-13-8-10(14(21)31)26-27-13/h2,4,7-9H,3,5-6H2,1H3,(H2,21,31)(H,22,25,32)(H2,23,24,26,27,28)/t19-/m0/s1. The van der Waals surface area contributed by atoms with Gasteiger partial charge in [-0.2, -0.15) is 10.1 Å². The molecule has 33 heavy (non-hydrogen) atoms. The van der Waals surface area contributed by atoms with Crippen molar-refractivity contribution in [3.05, 3.63) is 40.6 Å². The van der Waals surface area contributed by atoms with Crippen molar-refractivity contribution in [3.8, 4) is 0 Å². The van der Waals surface area contributed by atoms with Crippen LogP contribution in [0.4, 0.5) is 22.7 Å². The van der Waals surface area contributed by atoms with Gasteiger partial charge in [0.05, 0.1) is 6.20 Å². The molecule has 0 spiro atoms. The van der Waals surface area contributed by atoms with Gasteiger partial charge in [-0.3, -0.25) is 20.0 Å². The Hall–Kier alpha value is -3.71. The van der Waals surface area contributed by atoms with Crippen LogP contribution in [0.2, 0.25) is 4.34 Å². The van der Waals surface area contributed by atoms with E-state index in [4.69, 9.17) is 22.3 Å². The molecule has 14 heteroatoms. The summed E-state index contributed by atoms with van der Waals surface area (Å²) in [6.07, 6.45) is 4.70. The fraction of sp³-hybridized carbons (Fsp3) is 0.263. The number of amides is 2. The second-order valence-electron chi connectivity index (χ2n) is 7.71. The maximum absolute atomic E-state index is 13.2. The van der Waals surface area contributed by atoms with Crippen LogP contribution in [-0.2, 0) is 4.79 Å². The third-order valence-corrected chi connectivity index (χ3v) is 6.57. The first-order chi connectivity index (χ1) is 15.8. The molecule has 0 bridgehead atoms. The summed E-state index contributed by atoms with van der Waals surface area (Å²) >= 11 is 7.14. The number of halogens is 1. The van der Waals surface area contributed by atoms with Gasteiger partial charge in [0.15, 0.2) is 16.8 Å². The molecule has 1 aliphatic rings. The number of nitrogens with two attached hydrogens (primary N) is 1. The van der Waals surface area contributed by atoms with E-state index in [1.54, 1.807) is 10.7 Å². The number of thiazole rings is 1. The van der Waals surface area contributed by atoms with Crippen LogP contribution in [0.5, 0.6) is 0 Å². The molecule has 12 nitrogen and oxygen atoms in total. The normalized spacial score (nSPS) is 18.1. The summed E-state index contributed by atoms with van der Waals surface area (Å²) in [6, 6.07) is 5.17. The molecule has 2 amide bonds. The molecule has 0 aromatic carbocycles. The van der Waals surface area contributed by atoms with Gasteiger partial charge in [0.1, 0.15) is 21.1 Å². The lowest BCUT2D eigenvalue weighted by molar-refractivity contribution is -0.120. The Kier molecular flexibility index (Phi) is 5.13. The number of hydrogen-bond acceptors (Lipinski definition) is 9. The van der Waals surface area contributed by atoms with Gasteiger partial charge in [-0.25, -0.2) is 9.50 Å². The number of carbonyl (C=O) groups excluding carboxylic acids is 2. The summed E-state index contributed by atoms with van der Waals surface area (Å²) in [5.74, 6) is 0.384. The molecule has 1 saturated heterocycles. The van der Waals surface area contributed by atoms with Gasteiger partial charge >= 0.3 is 0 Å². The Labute approximate surface area is 196 Å². The zero-order chi connectivity index (χ0) is 23.2. The number of fused-ring (bicyclic) bond motifs is 1. The Balaban J connectivity index is 1.48. The first-order valence-electron chi connectivity index (χ1n) is 10.0. The molecule has 1 atom stereocenters. The van der Waals surface area contributed by atoms with Crippen LogP contribution in [0.15, 0.2) is 30.6 Å². The number of rotatable bonds is 6. The minimum absolute atomic E-state index is 0.171. The second-order valence-corrected chi connectivity index (χ2v) is 9.37. The zero-order valence-corrected chi connectivity index (χ0v) is 18.9. The van der Waals surface area contributed by atoms with E-state index in [0.29, 0.717) is 45.5 Å². The molecule has 170 valence electrons. The lowest BCUT2D eigenvalue weighted by atomic mass is 9.98. The van der Waals surface area contributed by atoms with Gasteiger partial charge in [-0.1, -0.05) is 22.9 Å². The highest BCUT2D eigenvalue weighted by Crippen LogP contribution is 2.35. The largest absolute Gasteiger partial charge is 0.364 e. The first-order valence-corrected chi connectivity index (χ1v) is 11.2. The van der Waals surface area contributed by atoms with Crippen LogP contribution >= 0.6 is 22.9 Å². The first kappa shape index (κ1) is 21.2. The van der Waals surface area contributed by atoms with Gasteiger partial charge in [0, 0.05) is 18.8 Å². The number of hydrogen-bond donors (Lipinski definition) is 4. The SMILES string of the molecule is C[C@@]1(C(=O)Nc2ncc(Cl)s2)CCCN1c1nc(Nc2cc(C(N)=O)[nH]n2)c2cccn2n1. The number of nitrogens with one attached hydrogen (secondary N) is 3. The predicted octanol–water partition coefficient (Wildman–Crippen LogP) is 2.40. The summed E-state index contributed by atoms with van der Waals surface area (Å²) in [7, 11) is 0. The summed E-state index contributed by atoms with van der Waals surface area (Å²) in [6.45, 7) is 2.46. The number of H-pyrrole nitrogens is 1. The number of aromatic amines is 1. The molecule has 4 aromatic rings. The summed E-state index contributed by atoms with van der Waals surface area (Å²) in [4.78, 5) is 35.3. The molecule has 5 rings (SSSR count). The maximum Gasteiger partial charge on any atom is 0.266 e. The second kappa shape index (κ2) is 8.01. The minimum Gasteiger partial charge on any atom is -0.364 e. The average molecular weight is 487 g/mol. The molecule has 4 aromatic heterocycles. The number of anilines is 4. The molecule has 0 radical (unpaired) electrons. The van der Waals surface area contributed by atoms with E-state index in [9.17, 15) is 9.59 Å². The van der Waals surface area contributed by atoms with Crippen molar-refractivity contribution >= 4 is 63.0 Å². The molecule has 0 unspecified atom stereocenters. The van der Waals surface area contributed by atoms with Crippen LogP contribution in [0.3, 0.4) is 0 Å². The fourth-order valence-electron chi connectivity index (χ4n) is 3.83. The molecule has 0 aliphatic carbocycles. The van der Waals surface area contributed by atoms with Crippen LogP contribution in [-0.4, -0.2) is 53.7 Å². The van der Waals surface area contributed by atoms with Gasteiger partial charge < -0.3 is 16.0 Å². The fourth-order valence-corrected chi connectivity index (χ4v) is 4.63. The third-order valence-electron chi connectivity index (χ3n) is 5.54. The van der Waals surface area contributed by atoms with Crippen molar-refractivity contribution < 1.29 is 9.59 Å². The van der Waals surface area contributed by atoms with Crippen LogP contribution in [0.25, 0.3) is 5.52 Å². The zero-order valence-electron chi connectivity index (χ0n) is 17.4. The molecule has 1 fully saturated rings. The van der Waals surface area contributed by atoms with Crippen molar-refractivity contribution in [2.24, 2.45) is 5.73 Å². The average Bonchev–Trinajstić information content (AvgIpc) is 3.55. The van der Waals surface area contributed by atoms with Gasteiger partial charge in [-0.15, -0.1) is 5.10 Å². The Morgan fingerprint density at radius 2 is 2.24 bits per heavy atom. The monoisotopic (exact) mass is 486 g/mol. The van der Waals surface area contributed by atoms with E-state index in [0.717, 1.165) is 6.42 Å². The Morgan fingerprint density at radius 3 is 2.97 bits per heavy atom. The molecule has 0 saturated carbocycles. The van der Waals surface area contributed by atoms with Gasteiger partial charge in [0.25, 0.3) is 11.8 Å². The van der Waals surface area contributed by atoms with Gasteiger partial charge in [0.2, 0.25) is 5.95 Å². The molecule has 5 N–H and O–H groups in total. The van der Waals surface area contributed by atoms with Crippen molar-refractivity contribution in [1.29, 1.82) is 0 Å². The van der Waals surface area contributed by atoms with E-state index in [1.165, 1.54) is 23.6 Å². The van der Waals surface area contributed by atoms with Crippen molar-refractivity contribution in [2.45, 2.75) is 25.3 Å². The van der Waals surface area contributed by atoms with Crippen molar-refractivity contribution in [2.75, 3.05) is 22.1 Å². The number of nitrogens with zero attached hydrogens (tertiary/aromatic N) is 6. The predicted molar refractivity (Wildman–Crippen MR) is 124 cm³/mol. The van der Waals surface area contributed by atoms with E-state index in [2.05, 4.69) is 30.9 Å². The van der Waals surface area contributed by atoms with E-state index < -0.39 is 11.4 Å². The molecule has 1 aliphatic heterocycles. The minimum atomic E-state index is -0.887. The Morgan fingerprint density at radius 1 is 1.39 bits per heavy atom. The molecular formula is C19H19ClN10O2S. The Bertz CT molecular complexity index is 1360. The number of aromatic nitrogens is 6. The third kappa shape index (κ3) is 3.85. The highest BCUT2D eigenvalue weighted by atomic mass is 35.5. The molecule has 5 heterocycles. The van der Waals surface area contributed by atoms with Gasteiger partial charge in [-0.05, 0) is 31.9 Å². The molecular weight excluding hydrogens is 468 g/mol.